The van der Waals surface area contributed by atoms with Crippen LogP contribution in [0.5, 0.6) is 0 Å². The smallest absolute Gasteiger partial charge is 0.192 e. The number of Topliss-reactive ketones (excluding diaryl/α,β-unsaturated/α-hetero) is 1. The van der Waals surface area contributed by atoms with Crippen molar-refractivity contribution in [2.24, 2.45) is 0 Å². The van der Waals surface area contributed by atoms with E-state index in [1.165, 1.54) is 0 Å². The van der Waals surface area contributed by atoms with Crippen LogP contribution in [0.15, 0.2) is 0 Å². The fraction of sp³-hybridized carbons (Fsp3) is 0.955. The molecule has 1 saturated carbocycles. The predicted octanol–water partition coefficient (Wildman–Crippen LogP) is 6.07. The highest BCUT2D eigenvalue weighted by Crippen LogP contribution is 2.47. The van der Waals surface area contributed by atoms with Crippen molar-refractivity contribution >= 4 is 22.4 Å². The summed E-state index contributed by atoms with van der Waals surface area (Å²) in [4.78, 5) is 12.8. The molecule has 1 aliphatic carbocycles. The molecule has 1 saturated heterocycles. The average Bonchev–Trinajstić information content (AvgIpc) is 2.80. The summed E-state index contributed by atoms with van der Waals surface area (Å²) in [6, 6.07) is 0. The number of hydrogen-bond donors (Lipinski definition) is 0. The first-order valence-electron chi connectivity index (χ1n) is 11.0. The normalized spacial score (nSPS) is 33.0. The molecule has 4 nitrogen and oxygen atoms in total. The molecule has 2 aliphatic rings. The van der Waals surface area contributed by atoms with Crippen molar-refractivity contribution in [3.8, 4) is 0 Å². The second-order valence-corrected chi connectivity index (χ2v) is 21.6. The van der Waals surface area contributed by atoms with Crippen LogP contribution in [-0.2, 0) is 18.4 Å². The minimum Gasteiger partial charge on any atom is -0.411 e. The first kappa shape index (κ1) is 24.3. The second kappa shape index (κ2) is 7.59. The fourth-order valence-corrected chi connectivity index (χ4v) is 6.51. The van der Waals surface area contributed by atoms with Gasteiger partial charge in [0.2, 0.25) is 0 Å². The highest BCUT2D eigenvalue weighted by atomic mass is 28.4. The summed E-state index contributed by atoms with van der Waals surface area (Å²) in [5.41, 5.74) is -0.653. The Morgan fingerprint density at radius 1 is 0.964 bits per heavy atom. The Labute approximate surface area is 175 Å². The Morgan fingerprint density at radius 2 is 1.46 bits per heavy atom. The van der Waals surface area contributed by atoms with Crippen LogP contribution in [0.4, 0.5) is 0 Å². The molecule has 2 fully saturated rings. The van der Waals surface area contributed by atoms with Crippen LogP contribution in [0.3, 0.4) is 0 Å². The molecule has 28 heavy (non-hydrogen) atoms. The standard InChI is InChI=1S/C22H44O4Si2/c1-16-19(26-28(10,11)21(5,6)7)17(25-27(8,9)20(2,3)4)15-22(24-16)14-12-13-18(22)23/h16-17,19H,12-15H2,1-11H3/t16-,17-,19-,22+/m0/s1. The second-order valence-electron chi connectivity index (χ2n) is 12.1. The molecule has 0 aromatic rings. The van der Waals surface area contributed by atoms with Gasteiger partial charge in [-0.2, -0.15) is 0 Å². The molecule has 0 radical (unpaired) electrons. The van der Waals surface area contributed by atoms with Crippen LogP contribution in [0, 0.1) is 0 Å². The van der Waals surface area contributed by atoms with E-state index in [-0.39, 0.29) is 34.2 Å². The van der Waals surface area contributed by atoms with E-state index in [9.17, 15) is 4.79 Å². The van der Waals surface area contributed by atoms with E-state index in [1.807, 2.05) is 0 Å². The molecule has 0 N–H and O–H groups in total. The summed E-state index contributed by atoms with van der Waals surface area (Å²) in [5.74, 6) is 0.258. The van der Waals surface area contributed by atoms with Crippen LogP contribution in [0.25, 0.3) is 0 Å². The zero-order chi connectivity index (χ0) is 21.8. The molecule has 0 aromatic carbocycles. The van der Waals surface area contributed by atoms with Gasteiger partial charge in [0, 0.05) is 12.8 Å². The monoisotopic (exact) mass is 428 g/mol. The molecule has 1 aliphatic heterocycles. The maximum absolute atomic E-state index is 12.8. The van der Waals surface area contributed by atoms with Crippen molar-refractivity contribution in [1.29, 1.82) is 0 Å². The first-order chi connectivity index (χ1) is 12.4. The van der Waals surface area contributed by atoms with Crippen LogP contribution >= 0.6 is 0 Å². The minimum atomic E-state index is -2.01. The van der Waals surface area contributed by atoms with E-state index in [0.29, 0.717) is 12.8 Å². The van der Waals surface area contributed by atoms with E-state index in [1.54, 1.807) is 0 Å². The van der Waals surface area contributed by atoms with Gasteiger partial charge < -0.3 is 13.6 Å². The van der Waals surface area contributed by atoms with Crippen molar-refractivity contribution in [2.45, 2.75) is 134 Å². The van der Waals surface area contributed by atoms with E-state index >= 15 is 0 Å². The van der Waals surface area contributed by atoms with Gasteiger partial charge in [-0.1, -0.05) is 41.5 Å². The summed E-state index contributed by atoms with van der Waals surface area (Å²) in [5, 5.41) is 0.232. The third-order valence-electron chi connectivity index (χ3n) is 7.75. The van der Waals surface area contributed by atoms with Gasteiger partial charge in [-0.25, -0.2) is 0 Å². The molecule has 2 rings (SSSR count). The van der Waals surface area contributed by atoms with Gasteiger partial charge in [-0.3, -0.25) is 4.79 Å². The molecular weight excluding hydrogens is 384 g/mol. The van der Waals surface area contributed by atoms with Gasteiger partial charge in [0.05, 0.1) is 18.3 Å². The highest BCUT2D eigenvalue weighted by Gasteiger charge is 2.56. The number of ether oxygens (including phenoxy) is 1. The van der Waals surface area contributed by atoms with Crippen molar-refractivity contribution in [2.75, 3.05) is 0 Å². The molecule has 0 aromatic heterocycles. The molecular formula is C22H44O4Si2. The van der Waals surface area contributed by atoms with E-state index in [0.717, 1.165) is 12.8 Å². The van der Waals surface area contributed by atoms with E-state index in [4.69, 9.17) is 13.6 Å². The molecule has 1 heterocycles. The van der Waals surface area contributed by atoms with Crippen LogP contribution in [0.1, 0.15) is 74.1 Å². The topological polar surface area (TPSA) is 44.8 Å². The summed E-state index contributed by atoms with van der Waals surface area (Å²) >= 11 is 0. The SMILES string of the molecule is C[C@@H]1O[C@]2(CCCC2=O)C[C@H](O[Si](C)(C)C(C)(C)C)[C@H]1O[Si](C)(C)C(C)(C)C. The minimum absolute atomic E-state index is 0.0826. The summed E-state index contributed by atoms with van der Waals surface area (Å²) < 4.78 is 20.2. The molecule has 0 amide bonds. The number of ketones is 1. The molecule has 0 unspecified atom stereocenters. The number of carbonyl (C=O) groups is 1. The Morgan fingerprint density at radius 3 is 1.89 bits per heavy atom. The predicted molar refractivity (Wildman–Crippen MR) is 121 cm³/mol. The van der Waals surface area contributed by atoms with Gasteiger partial charge in [0.15, 0.2) is 22.4 Å². The molecule has 4 atom stereocenters. The average molecular weight is 429 g/mol. The Hall–Kier alpha value is -0.0162. The van der Waals surface area contributed by atoms with Crippen molar-refractivity contribution < 1.29 is 18.4 Å². The van der Waals surface area contributed by atoms with E-state index < -0.39 is 22.2 Å². The van der Waals surface area contributed by atoms with Crippen LogP contribution in [-0.4, -0.2) is 46.3 Å². The summed E-state index contributed by atoms with van der Waals surface area (Å²) in [6.07, 6.45) is 2.68. The number of rotatable bonds is 4. The van der Waals surface area contributed by atoms with E-state index in [2.05, 4.69) is 74.7 Å². The Bertz CT molecular complexity index is 588. The molecule has 1 spiro atoms. The maximum Gasteiger partial charge on any atom is 0.192 e. The Kier molecular flexibility index (Phi) is 6.58. The molecule has 6 heteroatoms. The summed E-state index contributed by atoms with van der Waals surface area (Å²) in [7, 11) is -4.00. The third kappa shape index (κ3) is 4.66. The zero-order valence-electron chi connectivity index (χ0n) is 20.2. The number of carbonyl (C=O) groups excluding carboxylic acids is 1. The van der Waals surface area contributed by atoms with Gasteiger partial charge >= 0.3 is 0 Å². The quantitative estimate of drug-likeness (QED) is 0.510. The van der Waals surface area contributed by atoms with Gasteiger partial charge in [-0.15, -0.1) is 0 Å². The molecule has 164 valence electrons. The van der Waals surface area contributed by atoms with Crippen molar-refractivity contribution in [1.82, 2.24) is 0 Å². The van der Waals surface area contributed by atoms with Gasteiger partial charge in [-0.05, 0) is 56.0 Å². The highest BCUT2D eigenvalue weighted by molar-refractivity contribution is 6.74. The lowest BCUT2D eigenvalue weighted by atomic mass is 9.86. The Balaban J connectivity index is 2.37. The molecule has 0 bridgehead atoms. The lowest BCUT2D eigenvalue weighted by Crippen LogP contribution is -2.62. The lowest BCUT2D eigenvalue weighted by Gasteiger charge is -2.52. The fourth-order valence-electron chi connectivity index (χ4n) is 3.81. The van der Waals surface area contributed by atoms with Crippen LogP contribution in [0.2, 0.25) is 36.3 Å². The lowest BCUT2D eigenvalue weighted by molar-refractivity contribution is -0.199. The largest absolute Gasteiger partial charge is 0.411 e. The maximum atomic E-state index is 12.8. The summed E-state index contributed by atoms with van der Waals surface area (Å²) in [6.45, 7) is 24.8. The van der Waals surface area contributed by atoms with Crippen molar-refractivity contribution in [3.05, 3.63) is 0 Å². The van der Waals surface area contributed by atoms with Crippen LogP contribution < -0.4 is 0 Å². The van der Waals surface area contributed by atoms with Crippen molar-refractivity contribution in [3.63, 3.8) is 0 Å². The first-order valence-corrected chi connectivity index (χ1v) is 16.8. The zero-order valence-corrected chi connectivity index (χ0v) is 22.2. The third-order valence-corrected chi connectivity index (χ3v) is 16.7. The van der Waals surface area contributed by atoms with Gasteiger partial charge in [0.25, 0.3) is 0 Å². The number of hydrogen-bond acceptors (Lipinski definition) is 4. The van der Waals surface area contributed by atoms with Gasteiger partial charge in [0.1, 0.15) is 5.60 Å².